The van der Waals surface area contributed by atoms with Crippen molar-refractivity contribution < 1.29 is 58.5 Å². The molecule has 1 aromatic carbocycles. The minimum atomic E-state index is -0.980. The Morgan fingerprint density at radius 2 is 0.988 bits per heavy atom. The number of benzene rings is 1. The number of hydrogen-bond acceptors (Lipinski definition) is 18. The molecule has 0 bridgehead atoms. The molecule has 1 unspecified atom stereocenters. The number of aromatic nitrogens is 4. The summed E-state index contributed by atoms with van der Waals surface area (Å²) >= 11 is 0. The lowest BCUT2D eigenvalue weighted by atomic mass is 9.97. The van der Waals surface area contributed by atoms with Crippen LogP contribution in [-0.2, 0) is 58.6 Å². The Morgan fingerprint density at radius 1 is 0.566 bits per heavy atom. The van der Waals surface area contributed by atoms with E-state index < -0.39 is 93.2 Å². The summed E-state index contributed by atoms with van der Waals surface area (Å²) in [6.45, 7) is 2.50. The Morgan fingerprint density at radius 3 is 1.40 bits per heavy atom. The van der Waals surface area contributed by atoms with Gasteiger partial charge in [0.15, 0.2) is 17.2 Å². The third-order valence-electron chi connectivity index (χ3n) is 13.0. The fraction of sp³-hybridized carbons (Fsp3) is 0.382. The molecule has 28 heteroatoms. The number of amides is 7. The largest absolute Gasteiger partial charge is 0.502 e. The van der Waals surface area contributed by atoms with E-state index >= 15 is 0 Å². The highest BCUT2D eigenvalue weighted by atomic mass is 16.7. The Bertz CT molecular complexity index is 3340. The van der Waals surface area contributed by atoms with Gasteiger partial charge in [-0.2, -0.15) is 0 Å². The number of rotatable bonds is 29. The van der Waals surface area contributed by atoms with E-state index in [0.29, 0.717) is 18.5 Å². The van der Waals surface area contributed by atoms with E-state index in [-0.39, 0.29) is 112 Å². The molecule has 0 aliphatic carbocycles. The molecule has 5 rings (SSSR count). The number of imide groups is 1. The van der Waals surface area contributed by atoms with Crippen molar-refractivity contribution in [2.24, 2.45) is 34.1 Å². The molecule has 0 fully saturated rings. The van der Waals surface area contributed by atoms with Crippen molar-refractivity contribution in [1.82, 2.24) is 54.4 Å². The number of hydroxylamine groups is 2. The average molecular weight is 1150 g/mol. The Labute approximate surface area is 474 Å². The number of nitrogens with zero attached hydrogens (tertiary/aromatic N) is 7. The molecule has 0 saturated heterocycles. The van der Waals surface area contributed by atoms with Gasteiger partial charge in [0.05, 0.1) is 23.1 Å². The van der Waals surface area contributed by atoms with Crippen molar-refractivity contribution in [2.75, 3.05) is 70.8 Å². The van der Waals surface area contributed by atoms with Gasteiger partial charge in [0.25, 0.3) is 58.2 Å². The maximum absolute atomic E-state index is 13.3. The predicted octanol–water partition coefficient (Wildman–Crippen LogP) is -0.957. The van der Waals surface area contributed by atoms with Crippen LogP contribution in [0.5, 0.6) is 17.2 Å². The van der Waals surface area contributed by atoms with Crippen LogP contribution in [0.4, 0.5) is 5.69 Å². The molecule has 0 radical (unpaired) electrons. The minimum Gasteiger partial charge on any atom is -0.502 e. The van der Waals surface area contributed by atoms with Crippen molar-refractivity contribution in [1.29, 1.82) is 0 Å². The standard InChI is InChI=1S/C55H68N12O16/c1-6-7-43(70)67(34-68)83-45(72)13-12-42(69)60-38-10-8-35(9-11-38)30-36(32-65(26-18-56-49(76)37-14-22-61(2)44(71)31-37)27-19-57-50(77)39-15-23-62(3)53(80)46(39)73)33-66(28-20-58-51(78)40-16-24-63(4)54(81)47(40)74)29-21-59-52(79)41-17-25-64(5)55(82)48(41)75/h8-11,14-17,22-25,31,34,36,73-75H,6-7,12-13,18-21,26-30,32-33H2,1-5H3,(H,56,76)(H,57,77)(H,58,78)(H,59,79)(H,60,69). The molecule has 1 atom stereocenters. The van der Waals surface area contributed by atoms with E-state index in [0.717, 1.165) is 19.3 Å². The lowest BCUT2D eigenvalue weighted by molar-refractivity contribution is -0.196. The van der Waals surface area contributed by atoms with Crippen LogP contribution in [0.1, 0.15) is 79.6 Å². The van der Waals surface area contributed by atoms with Crippen LogP contribution in [0.3, 0.4) is 0 Å². The van der Waals surface area contributed by atoms with Gasteiger partial charge in [-0.05, 0) is 60.7 Å². The van der Waals surface area contributed by atoms with Gasteiger partial charge in [0.2, 0.25) is 5.91 Å². The smallest absolute Gasteiger partial charge is 0.333 e. The van der Waals surface area contributed by atoms with Gasteiger partial charge in [0.1, 0.15) is 0 Å². The second-order valence-corrected chi connectivity index (χ2v) is 19.3. The van der Waals surface area contributed by atoms with Crippen LogP contribution in [0.2, 0.25) is 0 Å². The summed E-state index contributed by atoms with van der Waals surface area (Å²) in [6.07, 6.45) is 5.35. The van der Waals surface area contributed by atoms with Crippen molar-refractivity contribution in [3.05, 3.63) is 149 Å². The highest BCUT2D eigenvalue weighted by molar-refractivity contribution is 5.98. The first-order chi connectivity index (χ1) is 39.5. The van der Waals surface area contributed by atoms with Crippen LogP contribution in [0, 0.1) is 5.92 Å². The first-order valence-corrected chi connectivity index (χ1v) is 26.3. The van der Waals surface area contributed by atoms with Crippen molar-refractivity contribution >= 4 is 53.5 Å². The van der Waals surface area contributed by atoms with E-state index in [4.69, 9.17) is 4.84 Å². The fourth-order valence-electron chi connectivity index (χ4n) is 8.40. The van der Waals surface area contributed by atoms with Gasteiger partial charge >= 0.3 is 5.97 Å². The van der Waals surface area contributed by atoms with E-state index in [2.05, 4.69) is 26.6 Å². The van der Waals surface area contributed by atoms with Crippen LogP contribution < -0.4 is 48.8 Å². The summed E-state index contributed by atoms with van der Waals surface area (Å²) in [7, 11) is 5.75. The number of carbonyl (C=O) groups excluding carboxylic acids is 8. The van der Waals surface area contributed by atoms with Crippen LogP contribution in [0.25, 0.3) is 0 Å². The van der Waals surface area contributed by atoms with Crippen LogP contribution in [-0.4, -0.2) is 162 Å². The lowest BCUT2D eigenvalue weighted by Gasteiger charge is -2.32. The quantitative estimate of drug-likeness (QED) is 0.0211. The monoisotopic (exact) mass is 1150 g/mol. The number of aryl methyl sites for hydroxylation is 4. The Kier molecular flexibility index (Phi) is 23.8. The third-order valence-corrected chi connectivity index (χ3v) is 13.0. The van der Waals surface area contributed by atoms with Crippen LogP contribution >= 0.6 is 0 Å². The van der Waals surface area contributed by atoms with E-state index in [1.54, 1.807) is 31.2 Å². The first-order valence-electron chi connectivity index (χ1n) is 26.3. The molecule has 83 heavy (non-hydrogen) atoms. The zero-order valence-electron chi connectivity index (χ0n) is 46.5. The lowest BCUT2D eigenvalue weighted by Crippen LogP contribution is -2.46. The molecule has 7 amide bonds. The Balaban J connectivity index is 1.43. The number of anilines is 1. The predicted molar refractivity (Wildman–Crippen MR) is 299 cm³/mol. The maximum atomic E-state index is 13.3. The van der Waals surface area contributed by atoms with Gasteiger partial charge in [0, 0.05) is 149 Å². The van der Waals surface area contributed by atoms with Crippen LogP contribution in [0.15, 0.2) is 98.6 Å². The minimum absolute atomic E-state index is 0.0338. The van der Waals surface area contributed by atoms with Gasteiger partial charge in [-0.3, -0.25) is 62.5 Å². The van der Waals surface area contributed by atoms with E-state index in [9.17, 15) is 72.9 Å². The van der Waals surface area contributed by atoms with Gasteiger partial charge < -0.3 is 65.0 Å². The molecular weight excluding hydrogens is 1080 g/mol. The second kappa shape index (κ2) is 30.8. The highest BCUT2D eigenvalue weighted by Crippen LogP contribution is 2.18. The molecule has 0 saturated carbocycles. The van der Waals surface area contributed by atoms with Gasteiger partial charge in [-0.25, -0.2) is 4.79 Å². The number of nitrogens with one attached hydrogen (secondary N) is 5. The molecule has 28 nitrogen and oxygen atoms in total. The Hall–Kier alpha value is -9.70. The second-order valence-electron chi connectivity index (χ2n) is 19.3. The average Bonchev–Trinajstić information content (AvgIpc) is 3.58. The van der Waals surface area contributed by atoms with E-state index in [1.165, 1.54) is 87.9 Å². The first kappa shape index (κ1) is 64.1. The molecular formula is C55H68N12O16. The summed E-state index contributed by atoms with van der Waals surface area (Å²) in [5.74, 6) is -7.73. The van der Waals surface area contributed by atoms with Crippen molar-refractivity contribution in [2.45, 2.75) is 39.0 Å². The summed E-state index contributed by atoms with van der Waals surface area (Å²) in [6, 6.07) is 13.2. The summed E-state index contributed by atoms with van der Waals surface area (Å²) < 4.78 is 4.61. The fourth-order valence-corrected chi connectivity index (χ4v) is 8.40. The SMILES string of the molecule is CCCC(=O)N(C=O)OC(=O)CCC(=O)Nc1ccc(CC(CN(CCNC(=O)c2ccn(C)c(=O)c2)CCNC(=O)c2ccn(C)c(=O)c2O)CN(CCNC(=O)c2ccn(C)c(=O)c2O)CCNC(=O)c2ccn(C)c(=O)c2O)cc1. The molecule has 444 valence electrons. The van der Waals surface area contributed by atoms with E-state index in [1.807, 2.05) is 9.80 Å². The summed E-state index contributed by atoms with van der Waals surface area (Å²) in [4.78, 5) is 160. The molecule has 8 N–H and O–H groups in total. The molecule has 0 aliphatic rings. The molecule has 0 aliphatic heterocycles. The highest BCUT2D eigenvalue weighted by Gasteiger charge is 2.24. The summed E-state index contributed by atoms with van der Waals surface area (Å²) in [5.41, 5.74) is -2.37. The topological polar surface area (TPSA) is 364 Å². The number of hydrogen-bond donors (Lipinski definition) is 8. The van der Waals surface area contributed by atoms with Gasteiger partial charge in [-0.1, -0.05) is 19.1 Å². The number of carbonyl (C=O) groups is 8. The van der Waals surface area contributed by atoms with Gasteiger partial charge in [-0.15, -0.1) is 5.06 Å². The number of aromatic hydroxyl groups is 3. The zero-order valence-corrected chi connectivity index (χ0v) is 46.5. The number of pyridine rings is 4. The molecule has 4 aromatic heterocycles. The maximum Gasteiger partial charge on any atom is 0.333 e. The van der Waals surface area contributed by atoms with Crippen molar-refractivity contribution in [3.8, 4) is 17.2 Å². The molecule has 4 heterocycles. The molecule has 5 aromatic rings. The van der Waals surface area contributed by atoms with Crippen molar-refractivity contribution in [3.63, 3.8) is 0 Å². The normalized spacial score (nSPS) is 11.4. The molecule has 0 spiro atoms. The summed E-state index contributed by atoms with van der Waals surface area (Å²) in [5, 5.41) is 45.5. The third kappa shape index (κ3) is 18.7. The zero-order chi connectivity index (χ0) is 60.9.